The van der Waals surface area contributed by atoms with Gasteiger partial charge in [0.15, 0.2) is 0 Å². The van der Waals surface area contributed by atoms with Gasteiger partial charge in [-0.25, -0.2) is 4.79 Å². The minimum Gasteiger partial charge on any atom is -0.450 e. The van der Waals surface area contributed by atoms with Gasteiger partial charge in [-0.1, -0.05) is 49.6 Å². The second-order valence-corrected chi connectivity index (χ2v) is 12.1. The number of rotatable bonds is 10. The van der Waals surface area contributed by atoms with E-state index in [9.17, 15) is 14.4 Å². The summed E-state index contributed by atoms with van der Waals surface area (Å²) in [5.74, 6) is 0.701. The molecule has 36 heavy (non-hydrogen) atoms. The molecule has 1 aliphatic carbocycles. The molecular weight excluding hydrogens is 476 g/mol. The Morgan fingerprint density at radius 3 is 2.53 bits per heavy atom. The van der Waals surface area contributed by atoms with Crippen molar-refractivity contribution in [3.63, 3.8) is 0 Å². The van der Waals surface area contributed by atoms with E-state index in [-0.39, 0.29) is 31.0 Å². The monoisotopic (exact) mass is 518 g/mol. The number of benzene rings is 1. The van der Waals surface area contributed by atoms with Gasteiger partial charge in [0.05, 0.1) is 6.61 Å². The van der Waals surface area contributed by atoms with Crippen LogP contribution in [0.3, 0.4) is 0 Å². The summed E-state index contributed by atoms with van der Waals surface area (Å²) in [5, 5.41) is 5.86. The number of thioether (sulfide) groups is 1. The summed E-state index contributed by atoms with van der Waals surface area (Å²) in [6.45, 7) is 6.70. The first-order valence-corrected chi connectivity index (χ1v) is 14.1. The maximum absolute atomic E-state index is 13.9. The van der Waals surface area contributed by atoms with Gasteiger partial charge in [-0.15, -0.1) is 11.8 Å². The fourth-order valence-electron chi connectivity index (χ4n) is 5.03. The van der Waals surface area contributed by atoms with E-state index >= 15 is 0 Å². The second kappa shape index (κ2) is 13.3. The molecule has 0 radical (unpaired) electrons. The van der Waals surface area contributed by atoms with Gasteiger partial charge in [-0.05, 0) is 51.5 Å². The Hall–Kier alpha value is -2.26. The largest absolute Gasteiger partial charge is 0.450 e. The van der Waals surface area contributed by atoms with E-state index in [0.717, 1.165) is 18.4 Å². The number of nitrogens with two attached hydrogens (primary N) is 1. The molecule has 9 heteroatoms. The number of likely N-dealkylation sites (tertiary alicyclic amines) is 1. The van der Waals surface area contributed by atoms with Crippen molar-refractivity contribution >= 4 is 29.7 Å². The van der Waals surface area contributed by atoms with Gasteiger partial charge < -0.3 is 26.0 Å². The molecule has 1 heterocycles. The molecule has 1 aromatic rings. The molecule has 1 aromatic carbocycles. The SMILES string of the molecule is CCOC(=O)N[C@@H](C(=O)N1C[C@H](N)C[C@H]1C(=O)NCC1CCCCC1)C(C)(C)SCc1ccccc1. The van der Waals surface area contributed by atoms with Crippen molar-refractivity contribution in [2.75, 3.05) is 19.7 Å². The number of hydrogen-bond acceptors (Lipinski definition) is 6. The summed E-state index contributed by atoms with van der Waals surface area (Å²) < 4.78 is 4.44. The lowest BCUT2D eigenvalue weighted by Crippen LogP contribution is -2.60. The Kier molecular flexibility index (Phi) is 10.5. The molecule has 4 N–H and O–H groups in total. The number of carbonyl (C=O) groups is 3. The van der Waals surface area contributed by atoms with Crippen LogP contribution in [0.15, 0.2) is 30.3 Å². The van der Waals surface area contributed by atoms with Crippen LogP contribution in [-0.4, -0.2) is 65.4 Å². The highest BCUT2D eigenvalue weighted by molar-refractivity contribution is 7.99. The molecule has 1 saturated heterocycles. The summed E-state index contributed by atoms with van der Waals surface area (Å²) in [6.07, 6.45) is 5.69. The molecule has 0 unspecified atom stereocenters. The predicted octanol–water partition coefficient (Wildman–Crippen LogP) is 3.44. The maximum atomic E-state index is 13.9. The van der Waals surface area contributed by atoms with E-state index in [1.807, 2.05) is 44.2 Å². The van der Waals surface area contributed by atoms with E-state index in [1.54, 1.807) is 23.6 Å². The summed E-state index contributed by atoms with van der Waals surface area (Å²) in [4.78, 5) is 41.1. The van der Waals surface area contributed by atoms with Crippen molar-refractivity contribution in [2.45, 2.75) is 87.9 Å². The van der Waals surface area contributed by atoms with Crippen LogP contribution in [-0.2, 0) is 20.1 Å². The minimum atomic E-state index is -0.885. The minimum absolute atomic E-state index is 0.161. The van der Waals surface area contributed by atoms with E-state index in [0.29, 0.717) is 24.6 Å². The molecule has 3 atom stereocenters. The van der Waals surface area contributed by atoms with E-state index < -0.39 is 22.9 Å². The molecule has 2 fully saturated rings. The summed E-state index contributed by atoms with van der Waals surface area (Å²) in [5.41, 5.74) is 7.36. The average Bonchev–Trinajstić information content (AvgIpc) is 3.27. The third-order valence-electron chi connectivity index (χ3n) is 7.14. The van der Waals surface area contributed by atoms with E-state index in [1.165, 1.54) is 19.3 Å². The van der Waals surface area contributed by atoms with Crippen molar-refractivity contribution in [1.82, 2.24) is 15.5 Å². The first-order valence-electron chi connectivity index (χ1n) is 13.2. The number of ether oxygens (including phenoxy) is 1. The molecule has 0 aromatic heterocycles. The number of hydrogen-bond donors (Lipinski definition) is 3. The van der Waals surface area contributed by atoms with Gasteiger partial charge in [0.1, 0.15) is 12.1 Å². The molecule has 3 amide bonds. The van der Waals surface area contributed by atoms with Crippen molar-refractivity contribution in [1.29, 1.82) is 0 Å². The van der Waals surface area contributed by atoms with Gasteiger partial charge in [-0.3, -0.25) is 9.59 Å². The van der Waals surface area contributed by atoms with Gasteiger partial charge in [0.25, 0.3) is 0 Å². The van der Waals surface area contributed by atoms with Gasteiger partial charge >= 0.3 is 6.09 Å². The maximum Gasteiger partial charge on any atom is 0.407 e. The van der Waals surface area contributed by atoms with Gasteiger partial charge in [0, 0.05) is 29.6 Å². The molecular formula is C27H42N4O4S. The summed E-state index contributed by atoms with van der Waals surface area (Å²) in [6, 6.07) is 8.17. The lowest BCUT2D eigenvalue weighted by molar-refractivity contribution is -0.140. The molecule has 0 spiro atoms. The fraction of sp³-hybridized carbons (Fsp3) is 0.667. The molecule has 2 aliphatic rings. The van der Waals surface area contributed by atoms with E-state index in [4.69, 9.17) is 10.5 Å². The first kappa shape index (κ1) is 28.3. The second-order valence-electron chi connectivity index (χ2n) is 10.4. The Morgan fingerprint density at radius 2 is 1.86 bits per heavy atom. The normalized spacial score (nSPS) is 21.6. The average molecular weight is 519 g/mol. The van der Waals surface area contributed by atoms with Crippen LogP contribution in [0.5, 0.6) is 0 Å². The lowest BCUT2D eigenvalue weighted by Gasteiger charge is -2.37. The van der Waals surface area contributed by atoms with Gasteiger partial charge in [-0.2, -0.15) is 0 Å². The highest BCUT2D eigenvalue weighted by Gasteiger charge is 2.46. The van der Waals surface area contributed by atoms with Crippen LogP contribution >= 0.6 is 11.8 Å². The highest BCUT2D eigenvalue weighted by atomic mass is 32.2. The Morgan fingerprint density at radius 1 is 1.17 bits per heavy atom. The summed E-state index contributed by atoms with van der Waals surface area (Å²) >= 11 is 1.58. The van der Waals surface area contributed by atoms with Gasteiger partial charge in [0.2, 0.25) is 11.8 Å². The zero-order valence-corrected chi connectivity index (χ0v) is 22.6. The van der Waals surface area contributed by atoms with Crippen LogP contribution in [0, 0.1) is 5.92 Å². The smallest absolute Gasteiger partial charge is 0.407 e. The van der Waals surface area contributed by atoms with Crippen LogP contribution < -0.4 is 16.4 Å². The zero-order chi connectivity index (χ0) is 26.1. The standard InChI is InChI=1S/C27H42N4O4S/c1-4-35-26(34)30-23(27(2,3)36-18-20-13-9-6-10-14-20)25(33)31-17-21(28)15-22(31)24(32)29-16-19-11-7-5-8-12-19/h6,9-10,13-14,19,21-23H,4-5,7-8,11-12,15-18,28H2,1-3H3,(H,29,32)(H,30,34)/t21-,22+,23+/m1/s1. The van der Waals surface area contributed by atoms with Crippen molar-refractivity contribution in [3.8, 4) is 0 Å². The third-order valence-corrected chi connectivity index (χ3v) is 8.60. The highest BCUT2D eigenvalue weighted by Crippen LogP contribution is 2.34. The number of amides is 3. The fourth-order valence-corrected chi connectivity index (χ4v) is 6.09. The number of nitrogens with zero attached hydrogens (tertiary/aromatic N) is 1. The number of alkyl carbamates (subject to hydrolysis) is 1. The Balaban J connectivity index is 1.73. The summed E-state index contributed by atoms with van der Waals surface area (Å²) in [7, 11) is 0. The van der Waals surface area contributed by atoms with Crippen LogP contribution in [0.25, 0.3) is 0 Å². The third kappa shape index (κ3) is 7.87. The first-order chi connectivity index (χ1) is 17.2. The zero-order valence-electron chi connectivity index (χ0n) is 21.8. The molecule has 1 saturated carbocycles. The predicted molar refractivity (Wildman–Crippen MR) is 143 cm³/mol. The van der Waals surface area contributed by atoms with Crippen molar-refractivity contribution in [3.05, 3.63) is 35.9 Å². The molecule has 1 aliphatic heterocycles. The van der Waals surface area contributed by atoms with Crippen LogP contribution in [0.1, 0.15) is 64.9 Å². The van der Waals surface area contributed by atoms with Crippen LogP contribution in [0.2, 0.25) is 0 Å². The topological polar surface area (TPSA) is 114 Å². The van der Waals surface area contributed by atoms with Crippen molar-refractivity contribution in [2.24, 2.45) is 11.7 Å². The molecule has 8 nitrogen and oxygen atoms in total. The quantitative estimate of drug-likeness (QED) is 0.437. The Bertz CT molecular complexity index is 876. The van der Waals surface area contributed by atoms with E-state index in [2.05, 4.69) is 10.6 Å². The van der Waals surface area contributed by atoms with Crippen LogP contribution in [0.4, 0.5) is 4.79 Å². The van der Waals surface area contributed by atoms with Crippen molar-refractivity contribution < 1.29 is 19.1 Å². The lowest BCUT2D eigenvalue weighted by atomic mass is 9.89. The molecule has 0 bridgehead atoms. The molecule has 200 valence electrons. The number of nitrogens with one attached hydrogen (secondary N) is 2. The molecule has 3 rings (SSSR count). The Labute approximate surface area is 219 Å². The number of carbonyl (C=O) groups excluding carboxylic acids is 3.